The Bertz CT molecular complexity index is 5960. The van der Waals surface area contributed by atoms with Gasteiger partial charge in [0.25, 0.3) is 0 Å². The summed E-state index contributed by atoms with van der Waals surface area (Å²) < 4.78 is 72.0. The molecule has 7 atom stereocenters. The summed E-state index contributed by atoms with van der Waals surface area (Å²) in [6.07, 6.45) is 15.0. The van der Waals surface area contributed by atoms with E-state index in [1.807, 2.05) is 184 Å². The first kappa shape index (κ1) is 109. The molecule has 0 radical (unpaired) electrons. The lowest BCUT2D eigenvalue weighted by molar-refractivity contribution is 0.111. The highest BCUT2D eigenvalue weighted by atomic mass is 32.5. The molecule has 134 heavy (non-hydrogen) atoms. The molecule has 7 unspecified atom stereocenters. The molecule has 0 spiro atoms. The van der Waals surface area contributed by atoms with Crippen LogP contribution in [-0.2, 0) is 94.5 Å². The van der Waals surface area contributed by atoms with E-state index in [1.54, 1.807) is 245 Å². The van der Waals surface area contributed by atoms with E-state index < -0.39 is 49.5 Å². The predicted molar refractivity (Wildman–Crippen MR) is 570 cm³/mol. The van der Waals surface area contributed by atoms with Crippen LogP contribution in [0.1, 0.15) is 87.3 Å². The Morgan fingerprint density at radius 1 is 0.239 bits per heavy atom. The first-order valence-corrected chi connectivity index (χ1v) is 56.5. The Morgan fingerprint density at radius 3 is 0.545 bits per heavy atom. The molecule has 11 rings (SSSR count). The molecule has 0 bridgehead atoms. The molecule has 0 aromatic heterocycles. The van der Waals surface area contributed by atoms with Crippen LogP contribution < -0.4 is 50.4 Å². The van der Waals surface area contributed by atoms with E-state index in [4.69, 9.17) is 145 Å². The first-order chi connectivity index (χ1) is 64.6. The Kier molecular flexibility index (Phi) is 49.4. The number of hydrogen-bond donors (Lipinski definition) is 0. The van der Waals surface area contributed by atoms with Crippen LogP contribution >= 0.6 is 57.1 Å². The summed E-state index contributed by atoms with van der Waals surface area (Å²) in [5.74, 6) is 7.58. The number of rotatable bonds is 43. The van der Waals surface area contributed by atoms with Gasteiger partial charge in [-0.1, -0.05) is 51.2 Å². The minimum Gasteiger partial charge on any atom is -0.497 e. The lowest BCUT2D eigenvalue weighted by atomic mass is 10.2. The molecule has 45 heteroatoms. The number of hydrazone groups is 7. The average Bonchev–Trinajstić information content (AvgIpc) is 0.882. The molecule has 29 nitrogen and oxygen atoms in total. The predicted octanol–water partition coefficient (Wildman–Crippen LogP) is 22.5. The normalized spacial score (nSPS) is 11.5. The summed E-state index contributed by atoms with van der Waals surface area (Å²) in [7, 11) is 8.37. The van der Waals surface area contributed by atoms with Crippen molar-refractivity contribution in [2.24, 2.45) is 35.7 Å². The number of carbonyl (C=O) groups excluding carboxylic acids is 4. The van der Waals surface area contributed by atoms with Gasteiger partial charge in [0, 0.05) is 28.5 Å². The molecule has 0 heterocycles. The summed E-state index contributed by atoms with van der Waals surface area (Å²) in [5, 5.41) is 30.1. The second kappa shape index (κ2) is 60.6. The molecule has 0 saturated heterocycles. The van der Waals surface area contributed by atoms with Crippen LogP contribution in [0.3, 0.4) is 0 Å². The molecule has 0 saturated carbocycles. The summed E-state index contributed by atoms with van der Waals surface area (Å²) in [4.78, 5) is 42.4. The fourth-order valence-corrected chi connectivity index (χ4v) is 16.5. The SMILES string of the molecule is C/C=N/N(C)[P+](=S)Oc1ccc(C=O)cc1.CN(/N=C/c1ccc(OP=S)cc1)[P+](=S)Oc1ccc(C=O)cc1.COc1ccc(/C=N/N(C)[P+](=S)Oc2ccc(/C=N/N(C)[P+](=S)Oc3ccc(C)cc3)cc2)cc1.COc1ccc(/C=N/N(C)[P+](=S)Oc2ccc(/C=N/N(C)[P+](=S)Oc3ccc(C=O)cc3)cc2)cc1.COc1ccc(/C=N/N(C)[P+](=S)Oc2ccc(C=O)cc2)cc1. The monoisotopic (exact) mass is 2100 g/mol. The van der Waals surface area contributed by atoms with Crippen molar-refractivity contribution in [2.75, 3.05) is 70.7 Å². The molecule has 0 fully saturated rings. The van der Waals surface area contributed by atoms with Gasteiger partial charge >= 0.3 is 49.5 Å². The van der Waals surface area contributed by atoms with Crippen LogP contribution in [0, 0.1) is 6.92 Å². The van der Waals surface area contributed by atoms with Gasteiger partial charge in [0.2, 0.25) is 90.2 Å². The summed E-state index contributed by atoms with van der Waals surface area (Å²) >= 11 is 42.3. The first-order valence-electron chi connectivity index (χ1n) is 39.1. The van der Waals surface area contributed by atoms with Crippen LogP contribution in [0.15, 0.2) is 303 Å². The van der Waals surface area contributed by atoms with Crippen molar-refractivity contribution in [1.29, 1.82) is 0 Å². The number of aldehydes is 4. The standard InChI is InChI=1S/C24H24N4O4P2S2.C24H26N4O3P2S2.C16H16N2O3PS.C15H13N2O3P2S2.C10H12N2O2PS/c1-27(25-16-19-4-10-22(30-3)11-5-19)33(35)31-23-12-6-20(7-13-23)17-26-28(2)34(36)32-24-14-8-21(18-29)9-15-24;1-19-5-11-23(12-6-19)30-32(34)27(2)26-18-21-9-15-24(16-10-21)31-33(35)28(3)25-17-20-7-13-22(29-4)14-8-20;1-18(17-11-13-3-7-15(20-2)8-4-13)22(23)21-16-9-5-14(12-19)6-10-16;1-17(16-10-12-2-6-14(7-3-12)19-21-23)22(24)20-15-8-4-13(11-18)5-9-15;1-3-11-12(2)15(16)14-10-6-4-9(8-13)5-7-10/h4-18H,1-3H3;5-18H,1-4H3;3-12H,1-2H3;2-11H,1H3;3-8H,1-2H3/q2*+2;3*+1/b25-16+,26-17+;25-17+,26-18+;17-11+;16-10+;11-3+. The van der Waals surface area contributed by atoms with Crippen molar-refractivity contribution in [3.05, 3.63) is 328 Å². The highest BCUT2D eigenvalue weighted by molar-refractivity contribution is 8.03. The van der Waals surface area contributed by atoms with Crippen molar-refractivity contribution in [3.63, 3.8) is 0 Å². The van der Waals surface area contributed by atoms with Crippen LogP contribution in [0.4, 0.5) is 0 Å². The second-order valence-electron chi connectivity index (χ2n) is 26.3. The number of nitrogens with zero attached hydrogens (tertiary/aromatic N) is 14. The lowest BCUT2D eigenvalue weighted by Crippen LogP contribution is -2.04. The lowest BCUT2D eigenvalue weighted by Gasteiger charge is -2.03. The number of carbonyl (C=O) groups is 4. The quantitative estimate of drug-likeness (QED) is 0.0149. The third-order valence-corrected chi connectivity index (χ3v) is 30.3. The van der Waals surface area contributed by atoms with Gasteiger partial charge in [0.1, 0.15) is 48.1 Å². The smallest absolute Gasteiger partial charge is 0.497 e. The van der Waals surface area contributed by atoms with Gasteiger partial charge in [-0.25, -0.2) is 0 Å². The zero-order valence-electron chi connectivity index (χ0n) is 74.0. The van der Waals surface area contributed by atoms with E-state index in [1.165, 1.54) is 5.56 Å². The fraction of sp³-hybridized carbons (Fsp3) is 0.135. The molecule has 0 aliphatic rings. The van der Waals surface area contributed by atoms with Gasteiger partial charge in [-0.15, -0.1) is 35.7 Å². The maximum absolute atomic E-state index is 10.8. The third-order valence-electron chi connectivity index (χ3n) is 16.7. The van der Waals surface area contributed by atoms with E-state index in [2.05, 4.69) is 35.7 Å². The average molecular weight is 2100 g/mol. The van der Waals surface area contributed by atoms with E-state index in [0.29, 0.717) is 70.1 Å². The molecule has 0 aliphatic carbocycles. The molecule has 0 N–H and O–H groups in total. The fourth-order valence-electron chi connectivity index (χ4n) is 9.39. The van der Waals surface area contributed by atoms with Crippen LogP contribution in [-0.4, -0.2) is 173 Å². The van der Waals surface area contributed by atoms with Gasteiger partial charge in [0.05, 0.1) is 108 Å². The molecule has 0 aliphatic heterocycles. The number of hydrogen-bond acceptors (Lipinski definition) is 30. The maximum atomic E-state index is 10.8. The van der Waals surface area contributed by atoms with E-state index >= 15 is 0 Å². The van der Waals surface area contributed by atoms with Crippen molar-refractivity contribution in [2.45, 2.75) is 13.8 Å². The Hall–Kier alpha value is -11.7. The van der Waals surface area contributed by atoms with Gasteiger partial charge < -0.3 is 18.7 Å². The third kappa shape index (κ3) is 41.1. The molecule has 0 amide bonds. The number of ether oxygens (including phenoxy) is 3. The molecular formula is C89H91N14O15P8S8+7. The number of methoxy groups -OCH3 is 3. The summed E-state index contributed by atoms with van der Waals surface area (Å²) in [5.41, 5.74) is 9.02. The van der Waals surface area contributed by atoms with Crippen LogP contribution in [0.5, 0.6) is 63.2 Å². The van der Waals surface area contributed by atoms with Crippen LogP contribution in [0.2, 0.25) is 0 Å². The second-order valence-corrected chi connectivity index (χ2v) is 42.3. The van der Waals surface area contributed by atoms with Crippen molar-refractivity contribution in [1.82, 2.24) is 33.5 Å². The topological polar surface area (TPSA) is 279 Å². The van der Waals surface area contributed by atoms with Gasteiger partial charge in [-0.3, -0.25) is 50.8 Å². The van der Waals surface area contributed by atoms with Crippen LogP contribution in [0.25, 0.3) is 0 Å². The molecule has 688 valence electrons. The molecule has 11 aromatic rings. The Labute approximate surface area is 827 Å². The van der Waals surface area contributed by atoms with E-state index in [0.717, 1.165) is 81.5 Å². The van der Waals surface area contributed by atoms with E-state index in [-0.39, 0.29) is 0 Å². The molecule has 11 aromatic carbocycles. The van der Waals surface area contributed by atoms with Crippen molar-refractivity contribution in [3.8, 4) is 63.2 Å². The molecular weight excluding hydrogens is 2010 g/mol. The zero-order valence-corrected chi connectivity index (χ0v) is 87.7. The summed E-state index contributed by atoms with van der Waals surface area (Å²) in [6.45, 7) is 3.84. The van der Waals surface area contributed by atoms with Gasteiger partial charge in [-0.2, -0.15) is 0 Å². The van der Waals surface area contributed by atoms with Crippen molar-refractivity contribution < 1.29 is 69.6 Å². The van der Waals surface area contributed by atoms with Gasteiger partial charge in [-0.05, 0) is 314 Å². The summed E-state index contributed by atoms with van der Waals surface area (Å²) in [6, 6.07) is 79.9. The maximum Gasteiger partial charge on any atom is 0.540 e. The Balaban J connectivity index is 0.000000235. The van der Waals surface area contributed by atoms with E-state index in [9.17, 15) is 19.2 Å². The minimum absolute atomic E-state index is 0.443. The van der Waals surface area contributed by atoms with Gasteiger partial charge in [0.15, 0.2) is 40.2 Å². The number of aryl methyl sites for hydroxylation is 1. The number of benzene rings is 11. The van der Waals surface area contributed by atoms with Crippen molar-refractivity contribution >= 4 is 220 Å². The highest BCUT2D eigenvalue weighted by Gasteiger charge is 2.27. The largest absolute Gasteiger partial charge is 0.540 e. The zero-order chi connectivity index (χ0) is 97.1. The minimum atomic E-state index is -1.41. The Morgan fingerprint density at radius 2 is 0.388 bits per heavy atom. The highest BCUT2D eigenvalue weighted by Crippen LogP contribution is 2.38.